The van der Waals surface area contributed by atoms with Crippen LogP contribution in [-0.2, 0) is 13.0 Å². The summed E-state index contributed by atoms with van der Waals surface area (Å²) in [5, 5.41) is 13.8. The Kier molecular flexibility index (Phi) is 3.28. The first-order valence-corrected chi connectivity index (χ1v) is 6.17. The zero-order valence-electron chi connectivity index (χ0n) is 10.2. The third kappa shape index (κ3) is 2.26. The van der Waals surface area contributed by atoms with E-state index in [1.807, 2.05) is 4.68 Å². The van der Waals surface area contributed by atoms with Crippen molar-refractivity contribution in [3.05, 3.63) is 12.2 Å². The maximum Gasteiger partial charge on any atom is 0.138 e. The lowest BCUT2D eigenvalue weighted by atomic mass is 9.82. The average Bonchev–Trinajstić information content (AvgIpc) is 3.05. The molecule has 0 radical (unpaired) electrons. The highest BCUT2D eigenvalue weighted by atomic mass is 16.3. The summed E-state index contributed by atoms with van der Waals surface area (Å²) in [6.45, 7) is 5.46. The van der Waals surface area contributed by atoms with Gasteiger partial charge in [-0.1, -0.05) is 13.8 Å². The molecule has 4 nitrogen and oxygen atoms in total. The van der Waals surface area contributed by atoms with Crippen molar-refractivity contribution in [3.63, 3.8) is 0 Å². The summed E-state index contributed by atoms with van der Waals surface area (Å²) in [6, 6.07) is 0. The Bertz CT molecular complexity index is 346. The maximum atomic E-state index is 9.56. The van der Waals surface area contributed by atoms with Gasteiger partial charge in [0.2, 0.25) is 0 Å². The molecule has 0 spiro atoms. The molecule has 16 heavy (non-hydrogen) atoms. The zero-order valence-corrected chi connectivity index (χ0v) is 10.2. The predicted octanol–water partition coefficient (Wildman–Crippen LogP) is 1.64. The van der Waals surface area contributed by atoms with Crippen LogP contribution in [0.1, 0.15) is 38.9 Å². The van der Waals surface area contributed by atoms with Crippen molar-refractivity contribution in [1.82, 2.24) is 14.8 Å². The summed E-state index contributed by atoms with van der Waals surface area (Å²) >= 11 is 0. The van der Waals surface area contributed by atoms with Gasteiger partial charge in [-0.05, 0) is 25.2 Å². The molecular formula is C12H21N3O. The van der Waals surface area contributed by atoms with Crippen molar-refractivity contribution in [2.24, 2.45) is 11.3 Å². The fraction of sp³-hybridized carbons (Fsp3) is 0.833. The van der Waals surface area contributed by atoms with E-state index in [9.17, 15) is 5.11 Å². The highest BCUT2D eigenvalue weighted by molar-refractivity contribution is 4.99. The van der Waals surface area contributed by atoms with Gasteiger partial charge in [0.25, 0.3) is 0 Å². The second-order valence-corrected chi connectivity index (χ2v) is 5.16. The fourth-order valence-corrected chi connectivity index (χ4v) is 2.29. The van der Waals surface area contributed by atoms with Gasteiger partial charge in [-0.15, -0.1) is 0 Å². The highest BCUT2D eigenvalue weighted by Crippen LogP contribution is 2.46. The van der Waals surface area contributed by atoms with Crippen molar-refractivity contribution in [3.8, 4) is 0 Å². The number of hydrogen-bond acceptors (Lipinski definition) is 3. The van der Waals surface area contributed by atoms with E-state index >= 15 is 0 Å². The van der Waals surface area contributed by atoms with Crippen LogP contribution in [0.2, 0.25) is 0 Å². The standard InChI is InChI=1S/C12H21N3O/c1-3-6-15-11(13-9-14-15)7-12(2,8-16)10-4-5-10/h9-10,16H,3-8H2,1-2H3. The van der Waals surface area contributed by atoms with Crippen LogP contribution in [0, 0.1) is 11.3 Å². The number of aliphatic hydroxyl groups excluding tert-OH is 1. The lowest BCUT2D eigenvalue weighted by Gasteiger charge is -2.26. The van der Waals surface area contributed by atoms with Crippen LogP contribution in [0.3, 0.4) is 0 Å². The molecule has 90 valence electrons. The molecule has 1 saturated carbocycles. The van der Waals surface area contributed by atoms with Crippen LogP contribution in [0.5, 0.6) is 0 Å². The van der Waals surface area contributed by atoms with Gasteiger partial charge in [-0.3, -0.25) is 4.68 Å². The second-order valence-electron chi connectivity index (χ2n) is 5.16. The molecule has 0 bridgehead atoms. The zero-order chi connectivity index (χ0) is 11.6. The van der Waals surface area contributed by atoms with Crippen molar-refractivity contribution < 1.29 is 5.11 Å². The van der Waals surface area contributed by atoms with E-state index in [4.69, 9.17) is 0 Å². The molecule has 1 aliphatic carbocycles. The van der Waals surface area contributed by atoms with Crippen molar-refractivity contribution in [2.75, 3.05) is 6.61 Å². The number of hydrogen-bond donors (Lipinski definition) is 1. The Morgan fingerprint density at radius 2 is 2.31 bits per heavy atom. The minimum absolute atomic E-state index is 0.00146. The fourth-order valence-electron chi connectivity index (χ4n) is 2.29. The second kappa shape index (κ2) is 4.53. The number of nitrogens with zero attached hydrogens (tertiary/aromatic N) is 3. The SMILES string of the molecule is CCCn1ncnc1CC(C)(CO)C1CC1. The first kappa shape index (κ1) is 11.6. The Hall–Kier alpha value is -0.900. The third-order valence-corrected chi connectivity index (χ3v) is 3.62. The van der Waals surface area contributed by atoms with Gasteiger partial charge in [-0.25, -0.2) is 4.98 Å². The number of aryl methyl sites for hydroxylation is 1. The Balaban J connectivity index is 2.09. The van der Waals surface area contributed by atoms with Crippen molar-refractivity contribution in [1.29, 1.82) is 0 Å². The largest absolute Gasteiger partial charge is 0.396 e. The quantitative estimate of drug-likeness (QED) is 0.797. The van der Waals surface area contributed by atoms with Crippen LogP contribution in [0.25, 0.3) is 0 Å². The molecule has 1 atom stereocenters. The maximum absolute atomic E-state index is 9.56. The molecule has 0 amide bonds. The Morgan fingerprint density at radius 3 is 2.88 bits per heavy atom. The van der Waals surface area contributed by atoms with Crippen LogP contribution in [-0.4, -0.2) is 26.5 Å². The van der Waals surface area contributed by atoms with E-state index in [0.29, 0.717) is 5.92 Å². The van der Waals surface area contributed by atoms with Crippen molar-refractivity contribution in [2.45, 2.75) is 46.1 Å². The van der Waals surface area contributed by atoms with Crippen LogP contribution in [0.15, 0.2) is 6.33 Å². The number of aliphatic hydroxyl groups is 1. The molecule has 1 N–H and O–H groups in total. The molecule has 1 aromatic heterocycles. The van der Waals surface area contributed by atoms with E-state index in [0.717, 1.165) is 25.2 Å². The molecule has 1 unspecified atom stereocenters. The normalized spacial score (nSPS) is 19.7. The summed E-state index contributed by atoms with van der Waals surface area (Å²) in [5.74, 6) is 1.69. The van der Waals surface area contributed by atoms with Gasteiger partial charge in [0.05, 0.1) is 0 Å². The molecule has 0 aliphatic heterocycles. The molecular weight excluding hydrogens is 202 g/mol. The Morgan fingerprint density at radius 1 is 1.56 bits per heavy atom. The van der Waals surface area contributed by atoms with Crippen LogP contribution < -0.4 is 0 Å². The van der Waals surface area contributed by atoms with Gasteiger partial charge in [0, 0.05) is 25.0 Å². The topological polar surface area (TPSA) is 50.9 Å². The van der Waals surface area contributed by atoms with Gasteiger partial charge < -0.3 is 5.11 Å². The molecule has 2 rings (SSSR count). The van der Waals surface area contributed by atoms with E-state index in [-0.39, 0.29) is 12.0 Å². The van der Waals surface area contributed by atoms with E-state index in [1.165, 1.54) is 12.8 Å². The van der Waals surface area contributed by atoms with Gasteiger partial charge >= 0.3 is 0 Å². The molecule has 1 aliphatic rings. The molecule has 1 fully saturated rings. The average molecular weight is 223 g/mol. The minimum atomic E-state index is -0.00146. The number of aromatic nitrogens is 3. The molecule has 0 saturated heterocycles. The first-order chi connectivity index (χ1) is 7.69. The smallest absolute Gasteiger partial charge is 0.138 e. The summed E-state index contributed by atoms with van der Waals surface area (Å²) in [5.41, 5.74) is -0.00146. The van der Waals surface area contributed by atoms with Crippen LogP contribution >= 0.6 is 0 Å². The van der Waals surface area contributed by atoms with Gasteiger partial charge in [0.15, 0.2) is 0 Å². The molecule has 1 heterocycles. The predicted molar refractivity (Wildman–Crippen MR) is 61.9 cm³/mol. The summed E-state index contributed by atoms with van der Waals surface area (Å²) in [4.78, 5) is 4.32. The van der Waals surface area contributed by atoms with E-state index in [1.54, 1.807) is 6.33 Å². The third-order valence-electron chi connectivity index (χ3n) is 3.62. The monoisotopic (exact) mass is 223 g/mol. The molecule has 1 aromatic rings. The molecule has 4 heteroatoms. The highest BCUT2D eigenvalue weighted by Gasteiger charge is 2.41. The van der Waals surface area contributed by atoms with Crippen molar-refractivity contribution >= 4 is 0 Å². The van der Waals surface area contributed by atoms with Gasteiger partial charge in [0.1, 0.15) is 12.2 Å². The lowest BCUT2D eigenvalue weighted by molar-refractivity contribution is 0.116. The van der Waals surface area contributed by atoms with E-state index < -0.39 is 0 Å². The minimum Gasteiger partial charge on any atom is -0.396 e. The van der Waals surface area contributed by atoms with Crippen LogP contribution in [0.4, 0.5) is 0 Å². The van der Waals surface area contributed by atoms with Gasteiger partial charge in [-0.2, -0.15) is 5.10 Å². The molecule has 0 aromatic carbocycles. The summed E-state index contributed by atoms with van der Waals surface area (Å²) in [7, 11) is 0. The first-order valence-electron chi connectivity index (χ1n) is 6.17. The summed E-state index contributed by atoms with van der Waals surface area (Å²) in [6.07, 6.45) is 6.03. The van der Waals surface area contributed by atoms with E-state index in [2.05, 4.69) is 23.9 Å². The lowest BCUT2D eigenvalue weighted by Crippen LogP contribution is -2.28. The number of rotatable bonds is 6. The summed E-state index contributed by atoms with van der Waals surface area (Å²) < 4.78 is 1.97. The Labute approximate surface area is 96.7 Å².